The average Bonchev–Trinajstić information content (AvgIpc) is 2.52. The van der Waals surface area contributed by atoms with Gasteiger partial charge in [-0.1, -0.05) is 0 Å². The summed E-state index contributed by atoms with van der Waals surface area (Å²) >= 11 is 0. The highest BCUT2D eigenvalue weighted by molar-refractivity contribution is 4.88. The maximum absolute atomic E-state index is 5.36. The van der Waals surface area contributed by atoms with Gasteiger partial charge in [-0.15, -0.1) is 0 Å². The third-order valence-corrected chi connectivity index (χ3v) is 1.50. The first-order valence-corrected chi connectivity index (χ1v) is 3.03. The van der Waals surface area contributed by atoms with Crippen LogP contribution < -0.4 is 11.1 Å². The van der Waals surface area contributed by atoms with Gasteiger partial charge < -0.3 is 10.5 Å². The van der Waals surface area contributed by atoms with E-state index < -0.39 is 0 Å². The van der Waals surface area contributed by atoms with Gasteiger partial charge in [-0.25, -0.2) is 0 Å². The Hall–Kier alpha value is -0.120. The van der Waals surface area contributed by atoms with E-state index in [1.165, 1.54) is 12.8 Å². The lowest BCUT2D eigenvalue weighted by molar-refractivity contribution is 0.345. The van der Waals surface area contributed by atoms with Gasteiger partial charge in [0.2, 0.25) is 0 Å². The molecule has 0 aromatic carbocycles. The number of nitrogens with two attached hydrogens (primary N) is 1. The Balaban J connectivity index is 1.69. The third kappa shape index (κ3) is 0.844. The molecule has 0 radical (unpaired) electrons. The minimum Gasteiger partial charge on any atom is -0.337 e. The summed E-state index contributed by atoms with van der Waals surface area (Å²) in [4.78, 5) is 0. The minimum absolute atomic E-state index is 0.0180. The number of rotatable bonds is 2. The summed E-state index contributed by atoms with van der Waals surface area (Å²) in [7, 11) is 0. The Labute approximate surface area is 48.2 Å². The number of hydrogen-bond acceptors (Lipinski definition) is 3. The van der Waals surface area contributed by atoms with Crippen molar-refractivity contribution in [2.24, 2.45) is 5.73 Å². The molecule has 8 heavy (non-hydrogen) atoms. The first-order valence-electron chi connectivity index (χ1n) is 3.03. The predicted molar refractivity (Wildman–Crippen MR) is 29.0 cm³/mol. The second kappa shape index (κ2) is 1.43. The van der Waals surface area contributed by atoms with Crippen LogP contribution in [0.25, 0.3) is 0 Å². The Morgan fingerprint density at radius 1 is 1.50 bits per heavy atom. The SMILES string of the molecule is NC1OC1NC1CC1. The molecule has 3 heteroatoms. The van der Waals surface area contributed by atoms with Crippen LogP contribution in [-0.2, 0) is 4.74 Å². The average molecular weight is 114 g/mol. The molecule has 2 unspecified atom stereocenters. The van der Waals surface area contributed by atoms with E-state index >= 15 is 0 Å². The van der Waals surface area contributed by atoms with Crippen LogP contribution in [-0.4, -0.2) is 18.5 Å². The van der Waals surface area contributed by atoms with Gasteiger partial charge in [-0.3, -0.25) is 5.32 Å². The van der Waals surface area contributed by atoms with Gasteiger partial charge in [-0.05, 0) is 12.8 Å². The molecule has 0 spiro atoms. The minimum atomic E-state index is -0.0180. The molecule has 2 atom stereocenters. The fourth-order valence-corrected chi connectivity index (χ4v) is 0.740. The van der Waals surface area contributed by atoms with Crippen LogP contribution >= 0.6 is 0 Å². The quantitative estimate of drug-likeness (QED) is 0.470. The smallest absolute Gasteiger partial charge is 0.150 e. The molecule has 0 aromatic heterocycles. The van der Waals surface area contributed by atoms with Crippen LogP contribution in [0.15, 0.2) is 0 Å². The third-order valence-electron chi connectivity index (χ3n) is 1.50. The predicted octanol–water partition coefficient (Wildman–Crippen LogP) is -0.621. The highest BCUT2D eigenvalue weighted by atomic mass is 16.6. The van der Waals surface area contributed by atoms with Crippen molar-refractivity contribution < 1.29 is 4.74 Å². The molecule has 2 fully saturated rings. The molecule has 1 saturated heterocycles. The maximum Gasteiger partial charge on any atom is 0.150 e. The first-order chi connectivity index (χ1) is 3.86. The van der Waals surface area contributed by atoms with Crippen molar-refractivity contribution in [2.75, 3.05) is 0 Å². The lowest BCUT2D eigenvalue weighted by Gasteiger charge is -1.90. The van der Waals surface area contributed by atoms with Gasteiger partial charge in [0, 0.05) is 6.04 Å². The second-order valence-corrected chi connectivity index (χ2v) is 2.46. The molecule has 1 heterocycles. The van der Waals surface area contributed by atoms with Crippen LogP contribution in [0.1, 0.15) is 12.8 Å². The Morgan fingerprint density at radius 2 is 2.12 bits per heavy atom. The zero-order chi connectivity index (χ0) is 5.56. The molecule has 0 bridgehead atoms. The number of nitrogens with one attached hydrogen (secondary N) is 1. The van der Waals surface area contributed by atoms with E-state index in [2.05, 4.69) is 5.32 Å². The lowest BCUT2D eigenvalue weighted by Crippen LogP contribution is -2.24. The fraction of sp³-hybridized carbons (Fsp3) is 1.00. The molecule has 1 aliphatic carbocycles. The van der Waals surface area contributed by atoms with Gasteiger partial charge in [0.25, 0.3) is 0 Å². The van der Waals surface area contributed by atoms with Crippen molar-refractivity contribution in [3.8, 4) is 0 Å². The van der Waals surface area contributed by atoms with Gasteiger partial charge in [0.05, 0.1) is 0 Å². The standard InChI is InChI=1S/C5H10N2O/c6-4-5(8-4)7-3-1-2-3/h3-5,7H,1-2,6H2. The molecular weight excluding hydrogens is 104 g/mol. The van der Waals surface area contributed by atoms with E-state index in [1.807, 2.05) is 0 Å². The van der Waals surface area contributed by atoms with Crippen LogP contribution in [0.3, 0.4) is 0 Å². The summed E-state index contributed by atoms with van der Waals surface area (Å²) in [6.45, 7) is 0. The highest BCUT2D eigenvalue weighted by Gasteiger charge is 2.39. The van der Waals surface area contributed by atoms with E-state index in [1.54, 1.807) is 0 Å². The van der Waals surface area contributed by atoms with Crippen molar-refractivity contribution in [3.05, 3.63) is 0 Å². The van der Waals surface area contributed by atoms with Crippen molar-refractivity contribution >= 4 is 0 Å². The van der Waals surface area contributed by atoms with E-state index in [-0.39, 0.29) is 12.5 Å². The fourth-order valence-electron chi connectivity index (χ4n) is 0.740. The van der Waals surface area contributed by atoms with Crippen LogP contribution in [0.2, 0.25) is 0 Å². The van der Waals surface area contributed by atoms with Crippen LogP contribution in [0.4, 0.5) is 0 Å². The zero-order valence-electron chi connectivity index (χ0n) is 4.63. The molecule has 2 rings (SSSR count). The summed E-state index contributed by atoms with van der Waals surface area (Å²) < 4.78 is 4.93. The van der Waals surface area contributed by atoms with Gasteiger partial charge >= 0.3 is 0 Å². The Kier molecular flexibility index (Phi) is 0.848. The second-order valence-electron chi connectivity index (χ2n) is 2.46. The molecular formula is C5H10N2O. The first kappa shape index (κ1) is 4.73. The summed E-state index contributed by atoms with van der Waals surface area (Å²) in [6.07, 6.45) is 2.76. The van der Waals surface area contributed by atoms with E-state index in [0.717, 1.165) is 0 Å². The molecule has 1 aliphatic heterocycles. The largest absolute Gasteiger partial charge is 0.337 e. The topological polar surface area (TPSA) is 50.6 Å². The van der Waals surface area contributed by atoms with Crippen molar-refractivity contribution in [2.45, 2.75) is 31.3 Å². The van der Waals surface area contributed by atoms with E-state index in [9.17, 15) is 0 Å². The molecule has 1 saturated carbocycles. The number of epoxide rings is 1. The normalized spacial score (nSPS) is 44.6. The summed E-state index contributed by atoms with van der Waals surface area (Å²) in [5.74, 6) is 0. The maximum atomic E-state index is 5.36. The molecule has 0 amide bonds. The van der Waals surface area contributed by atoms with Crippen molar-refractivity contribution in [3.63, 3.8) is 0 Å². The lowest BCUT2D eigenvalue weighted by atomic mass is 10.6. The number of ether oxygens (including phenoxy) is 1. The van der Waals surface area contributed by atoms with E-state index in [4.69, 9.17) is 10.5 Å². The molecule has 0 aromatic rings. The van der Waals surface area contributed by atoms with Crippen molar-refractivity contribution in [1.82, 2.24) is 5.32 Å². The summed E-state index contributed by atoms with van der Waals surface area (Å²) in [5.41, 5.74) is 5.36. The molecule has 2 aliphatic rings. The summed E-state index contributed by atoms with van der Waals surface area (Å²) in [6, 6.07) is 0.716. The zero-order valence-corrected chi connectivity index (χ0v) is 4.63. The number of hydrogen-bond donors (Lipinski definition) is 2. The molecule has 3 N–H and O–H groups in total. The summed E-state index contributed by atoms with van der Waals surface area (Å²) in [5, 5.41) is 3.23. The Morgan fingerprint density at radius 3 is 2.50 bits per heavy atom. The van der Waals surface area contributed by atoms with Crippen LogP contribution in [0.5, 0.6) is 0 Å². The van der Waals surface area contributed by atoms with E-state index in [0.29, 0.717) is 6.04 Å². The molecule has 3 nitrogen and oxygen atoms in total. The van der Waals surface area contributed by atoms with Crippen molar-refractivity contribution in [1.29, 1.82) is 0 Å². The Bertz CT molecular complexity index is 103. The van der Waals surface area contributed by atoms with Crippen LogP contribution in [0, 0.1) is 0 Å². The monoisotopic (exact) mass is 114 g/mol. The van der Waals surface area contributed by atoms with Gasteiger partial charge in [0.15, 0.2) is 6.23 Å². The molecule has 46 valence electrons. The van der Waals surface area contributed by atoms with Gasteiger partial charge in [0.1, 0.15) is 6.23 Å². The highest BCUT2D eigenvalue weighted by Crippen LogP contribution is 2.24. The van der Waals surface area contributed by atoms with Gasteiger partial charge in [-0.2, -0.15) is 0 Å².